The Balaban J connectivity index is 1.80. The molecule has 0 fully saturated rings. The Labute approximate surface area is 174 Å². The number of anilines is 1. The lowest BCUT2D eigenvalue weighted by Crippen LogP contribution is -2.33. The molecule has 1 aliphatic rings. The minimum atomic E-state index is -4.07. The van der Waals surface area contributed by atoms with E-state index in [9.17, 15) is 18.3 Å². The topological polar surface area (TPSA) is 137 Å². The molecule has 11 heteroatoms. The van der Waals surface area contributed by atoms with Gasteiger partial charge in [0, 0.05) is 14.1 Å². The second kappa shape index (κ2) is 8.19. The smallest absolute Gasteiger partial charge is 0.367 e. The van der Waals surface area contributed by atoms with E-state index < -0.39 is 16.1 Å². The van der Waals surface area contributed by atoms with Crippen molar-refractivity contribution in [3.8, 4) is 5.75 Å². The highest BCUT2D eigenvalue weighted by molar-refractivity contribution is 7.89. The van der Waals surface area contributed by atoms with E-state index >= 15 is 0 Å². The van der Waals surface area contributed by atoms with Crippen molar-refractivity contribution >= 4 is 33.5 Å². The van der Waals surface area contributed by atoms with E-state index in [0.29, 0.717) is 11.7 Å². The Morgan fingerprint density at radius 3 is 2.57 bits per heavy atom. The molecule has 1 aromatic heterocycles. The summed E-state index contributed by atoms with van der Waals surface area (Å²) in [5, 5.41) is 16.1. The van der Waals surface area contributed by atoms with Crippen LogP contribution in [0.25, 0.3) is 0 Å². The van der Waals surface area contributed by atoms with Gasteiger partial charge < -0.3 is 25.1 Å². The predicted molar refractivity (Wildman–Crippen MR) is 113 cm³/mol. The lowest BCUT2D eigenvalue weighted by molar-refractivity contribution is 0.0824. The minimum absolute atomic E-state index is 0.0266. The molecule has 3 rings (SSSR count). The van der Waals surface area contributed by atoms with E-state index in [1.807, 2.05) is 19.9 Å². The summed E-state index contributed by atoms with van der Waals surface area (Å²) in [7, 11) is -0.948. The van der Waals surface area contributed by atoms with Crippen LogP contribution in [-0.2, 0) is 16.8 Å². The van der Waals surface area contributed by atoms with Gasteiger partial charge in [-0.1, -0.05) is 19.9 Å². The van der Waals surface area contributed by atoms with Gasteiger partial charge in [-0.2, -0.15) is 8.42 Å². The number of rotatable bonds is 5. The van der Waals surface area contributed by atoms with E-state index in [-0.39, 0.29) is 35.2 Å². The van der Waals surface area contributed by atoms with Crippen LogP contribution < -0.4 is 10.6 Å². The second-order valence-corrected chi connectivity index (χ2v) is 8.47. The third-order valence-corrected chi connectivity index (χ3v) is 5.16. The molecule has 30 heavy (non-hydrogen) atoms. The van der Waals surface area contributed by atoms with Crippen LogP contribution in [0.3, 0.4) is 0 Å². The molecule has 0 spiro atoms. The summed E-state index contributed by atoms with van der Waals surface area (Å²) in [6.07, 6.45) is 1.65. The zero-order valence-corrected chi connectivity index (χ0v) is 17.8. The number of nitrogens with zero attached hydrogens (tertiary/aromatic N) is 3. The zero-order valence-electron chi connectivity index (χ0n) is 17.0. The fourth-order valence-electron chi connectivity index (χ4n) is 2.68. The molecule has 160 valence electrons. The zero-order chi connectivity index (χ0) is 22.1. The van der Waals surface area contributed by atoms with Gasteiger partial charge in [0.25, 0.3) is 5.91 Å². The lowest BCUT2D eigenvalue weighted by Gasteiger charge is -2.15. The van der Waals surface area contributed by atoms with E-state index in [2.05, 4.69) is 19.4 Å². The van der Waals surface area contributed by atoms with Crippen molar-refractivity contribution in [3.63, 3.8) is 0 Å². The Bertz CT molecular complexity index is 1130. The molecule has 10 nitrogen and oxygen atoms in total. The molecule has 1 aliphatic heterocycles. The quantitative estimate of drug-likeness (QED) is 0.614. The summed E-state index contributed by atoms with van der Waals surface area (Å²) < 4.78 is 36.4. The molecule has 0 atom stereocenters. The van der Waals surface area contributed by atoms with Crippen LogP contribution in [0, 0.1) is 0 Å². The molecule has 0 saturated heterocycles. The predicted octanol–water partition coefficient (Wildman–Crippen LogP) is 2.07. The summed E-state index contributed by atoms with van der Waals surface area (Å²) in [5.74, 6) is 0.0480. The first-order chi connectivity index (χ1) is 14.1. The van der Waals surface area contributed by atoms with Crippen LogP contribution >= 0.6 is 0 Å². The van der Waals surface area contributed by atoms with Crippen molar-refractivity contribution < 1.29 is 22.7 Å². The summed E-state index contributed by atoms with van der Waals surface area (Å²) in [4.78, 5) is 13.5. The Hall–Kier alpha value is -3.34. The summed E-state index contributed by atoms with van der Waals surface area (Å²) in [6, 6.07) is 6.39. The molecule has 1 amide bonds. The molecular weight excluding hydrogens is 410 g/mol. The molecule has 0 bridgehead atoms. The van der Waals surface area contributed by atoms with Crippen LogP contribution in [0.4, 0.5) is 5.69 Å². The number of hydrogen-bond acceptors (Lipinski definition) is 7. The second-order valence-electron chi connectivity index (χ2n) is 7.21. The summed E-state index contributed by atoms with van der Waals surface area (Å²) in [5.41, 5.74) is 1.20. The monoisotopic (exact) mass is 433 g/mol. The Morgan fingerprint density at radius 2 is 1.93 bits per heavy atom. The van der Waals surface area contributed by atoms with Gasteiger partial charge in [0.15, 0.2) is 17.4 Å². The highest BCUT2D eigenvalue weighted by Crippen LogP contribution is 2.29. The van der Waals surface area contributed by atoms with Crippen molar-refractivity contribution in [2.24, 2.45) is 8.80 Å². The van der Waals surface area contributed by atoms with Crippen molar-refractivity contribution in [2.75, 3.05) is 19.4 Å². The van der Waals surface area contributed by atoms with Gasteiger partial charge in [0.05, 0.1) is 24.1 Å². The average Bonchev–Trinajstić information content (AvgIpc) is 3.25. The van der Waals surface area contributed by atoms with Crippen molar-refractivity contribution in [3.05, 3.63) is 47.4 Å². The van der Waals surface area contributed by atoms with Gasteiger partial charge >= 0.3 is 10.2 Å². The first-order valence-corrected chi connectivity index (χ1v) is 10.5. The molecular formula is C19H23N5O5S. The van der Waals surface area contributed by atoms with E-state index in [1.54, 1.807) is 26.4 Å². The molecule has 3 N–H and O–H groups in total. The normalized spacial score (nSPS) is 15.0. The number of phenols is 1. The maximum atomic E-state index is 12.2. The molecule has 0 unspecified atom stereocenters. The maximum absolute atomic E-state index is 12.2. The van der Waals surface area contributed by atoms with Crippen LogP contribution in [0.15, 0.2) is 43.7 Å². The standard InChI is InChI=1S/C19H23N5O5S/c1-11(2)12-8-13(29-10-12)9-20-17-18(23-30(27,28)22-17)21-15-7-5-6-14(16(15)25)19(26)24(3)4/h5-8,10-11,25H,9H2,1-4H3,(H,20,22)(H,21,23). The number of benzene rings is 1. The average molecular weight is 433 g/mol. The highest BCUT2D eigenvalue weighted by Gasteiger charge is 2.26. The molecule has 0 saturated carbocycles. The summed E-state index contributed by atoms with van der Waals surface area (Å²) in [6.45, 7) is 4.25. The fraction of sp³-hybridized carbons (Fsp3) is 0.316. The van der Waals surface area contributed by atoms with Crippen molar-refractivity contribution in [1.82, 2.24) is 10.2 Å². The summed E-state index contributed by atoms with van der Waals surface area (Å²) >= 11 is 0. The number of phenolic OH excluding ortho intramolecular Hbond substituents is 1. The Morgan fingerprint density at radius 1 is 1.23 bits per heavy atom. The fourth-order valence-corrected chi connectivity index (χ4v) is 3.47. The molecule has 0 radical (unpaired) electrons. The maximum Gasteiger partial charge on any atom is 0.367 e. The molecule has 1 aromatic carbocycles. The molecule has 0 aliphatic carbocycles. The van der Waals surface area contributed by atoms with Crippen LogP contribution in [0.1, 0.15) is 41.4 Å². The van der Waals surface area contributed by atoms with Gasteiger partial charge in [-0.05, 0) is 29.7 Å². The largest absolute Gasteiger partial charge is 0.505 e. The SMILES string of the molecule is CC(C)c1coc(CNC2=NS(=O)(=O)N=C2Nc2cccc(C(=O)N(C)C)c2O)c1. The number of carbonyl (C=O) groups excluding carboxylic acids is 1. The number of hydrogen-bond donors (Lipinski definition) is 3. The number of aromatic hydroxyl groups is 1. The molecule has 2 aromatic rings. The van der Waals surface area contributed by atoms with Crippen LogP contribution in [0.5, 0.6) is 5.75 Å². The van der Waals surface area contributed by atoms with Gasteiger partial charge in [0.1, 0.15) is 5.76 Å². The number of para-hydroxylation sites is 1. The number of amides is 1. The van der Waals surface area contributed by atoms with Crippen LogP contribution in [0.2, 0.25) is 0 Å². The number of nitrogens with one attached hydrogen (secondary N) is 2. The first kappa shape index (κ1) is 21.4. The molecule has 2 heterocycles. The Kier molecular flexibility index (Phi) is 5.83. The van der Waals surface area contributed by atoms with Gasteiger partial charge in [-0.15, -0.1) is 8.80 Å². The third-order valence-electron chi connectivity index (χ3n) is 4.33. The van der Waals surface area contributed by atoms with Gasteiger partial charge in [-0.25, -0.2) is 0 Å². The number of amidine groups is 2. The van der Waals surface area contributed by atoms with E-state index in [0.717, 1.165) is 5.56 Å². The van der Waals surface area contributed by atoms with E-state index in [1.165, 1.54) is 17.0 Å². The third kappa shape index (κ3) is 4.62. The number of carbonyl (C=O) groups is 1. The van der Waals surface area contributed by atoms with Crippen molar-refractivity contribution in [2.45, 2.75) is 26.3 Å². The number of furan rings is 1. The van der Waals surface area contributed by atoms with Gasteiger partial charge in [-0.3, -0.25) is 4.79 Å². The first-order valence-electron chi connectivity index (χ1n) is 9.14. The lowest BCUT2D eigenvalue weighted by atomic mass is 10.1. The van der Waals surface area contributed by atoms with Gasteiger partial charge in [0.2, 0.25) is 0 Å². The van der Waals surface area contributed by atoms with Crippen LogP contribution in [-0.4, -0.2) is 50.1 Å². The van der Waals surface area contributed by atoms with E-state index in [4.69, 9.17) is 4.42 Å². The van der Waals surface area contributed by atoms with Crippen molar-refractivity contribution in [1.29, 1.82) is 0 Å². The highest BCUT2D eigenvalue weighted by atomic mass is 32.2. The minimum Gasteiger partial charge on any atom is -0.505 e.